The maximum atomic E-state index is 12.2. The van der Waals surface area contributed by atoms with Gasteiger partial charge in [-0.15, -0.1) is 12.4 Å². The summed E-state index contributed by atoms with van der Waals surface area (Å²) in [4.78, 5) is 24.1. The molecule has 0 saturated carbocycles. The molecular formula is C14H22ClN5O5S. The molecule has 1 aliphatic heterocycles. The minimum atomic E-state index is -4.03. The quantitative estimate of drug-likeness (QED) is 0.453. The van der Waals surface area contributed by atoms with Crippen LogP contribution in [0.5, 0.6) is 0 Å². The number of piperazine rings is 1. The second kappa shape index (κ2) is 9.12. The topological polar surface area (TPSA) is 148 Å². The number of nitrogens with one attached hydrogen (secondary N) is 2. The zero-order valence-corrected chi connectivity index (χ0v) is 15.8. The van der Waals surface area contributed by atoms with Gasteiger partial charge in [-0.2, -0.15) is 0 Å². The number of rotatable bonds is 6. The Labute approximate surface area is 157 Å². The minimum absolute atomic E-state index is 0. The minimum Gasteiger partial charge on any atom is -0.379 e. The Morgan fingerprint density at radius 1 is 1.50 bits per heavy atom. The van der Waals surface area contributed by atoms with Gasteiger partial charge in [0.2, 0.25) is 15.9 Å². The van der Waals surface area contributed by atoms with Crippen LogP contribution >= 0.6 is 12.4 Å². The zero-order chi connectivity index (χ0) is 18.6. The smallest absolute Gasteiger partial charge is 0.293 e. The summed E-state index contributed by atoms with van der Waals surface area (Å²) < 4.78 is 22.6. The first kappa shape index (κ1) is 22.1. The number of primary sulfonamides is 1. The van der Waals surface area contributed by atoms with E-state index in [4.69, 9.17) is 5.14 Å². The molecule has 1 atom stereocenters. The first-order valence-electron chi connectivity index (χ1n) is 7.75. The van der Waals surface area contributed by atoms with Crippen LogP contribution in [-0.4, -0.2) is 56.4 Å². The fourth-order valence-electron chi connectivity index (χ4n) is 2.65. The van der Waals surface area contributed by atoms with Gasteiger partial charge < -0.3 is 15.5 Å². The second-order valence-corrected chi connectivity index (χ2v) is 7.36. The van der Waals surface area contributed by atoms with Crippen molar-refractivity contribution in [1.82, 2.24) is 10.2 Å². The third-order valence-corrected chi connectivity index (χ3v) is 4.88. The first-order chi connectivity index (χ1) is 11.7. The molecular weight excluding hydrogens is 386 g/mol. The maximum Gasteiger partial charge on any atom is 0.293 e. The Bertz CT molecular complexity index is 773. The number of nitro groups is 1. The van der Waals surface area contributed by atoms with E-state index in [0.717, 1.165) is 19.2 Å². The molecule has 1 saturated heterocycles. The van der Waals surface area contributed by atoms with Crippen molar-refractivity contribution in [3.05, 3.63) is 28.3 Å². The van der Waals surface area contributed by atoms with E-state index in [1.54, 1.807) is 4.90 Å². The number of nitrogens with two attached hydrogens (primary N) is 1. The van der Waals surface area contributed by atoms with E-state index in [-0.39, 0.29) is 47.9 Å². The molecule has 12 heteroatoms. The molecule has 1 aromatic rings. The van der Waals surface area contributed by atoms with Crippen molar-refractivity contribution in [2.24, 2.45) is 5.14 Å². The number of sulfonamides is 1. The van der Waals surface area contributed by atoms with Gasteiger partial charge in [0.25, 0.3) is 5.69 Å². The van der Waals surface area contributed by atoms with E-state index in [2.05, 4.69) is 10.6 Å². The molecule has 1 aliphatic rings. The van der Waals surface area contributed by atoms with Crippen molar-refractivity contribution in [2.45, 2.75) is 24.3 Å². The van der Waals surface area contributed by atoms with Gasteiger partial charge in [0.15, 0.2) is 0 Å². The standard InChI is InChI=1S/C14H21N5O5S.ClH/c1-10-9-16-6-7-18(10)14(20)4-5-17-12-3-2-11(25(15,23)24)8-13(12)19(21)22;/h2-3,8,10,16-17H,4-7,9H2,1H3,(H2,15,23,24);1H. The van der Waals surface area contributed by atoms with Crippen LogP contribution in [0.1, 0.15) is 13.3 Å². The molecule has 1 aromatic carbocycles. The lowest BCUT2D eigenvalue weighted by atomic mass is 10.2. The Balaban J connectivity index is 0.00000338. The van der Waals surface area contributed by atoms with Gasteiger partial charge in [0, 0.05) is 44.7 Å². The van der Waals surface area contributed by atoms with Crippen molar-refractivity contribution in [1.29, 1.82) is 0 Å². The molecule has 2 rings (SSSR count). The number of nitro benzene ring substituents is 1. The Morgan fingerprint density at radius 3 is 2.77 bits per heavy atom. The molecule has 0 aliphatic carbocycles. The Hall–Kier alpha value is -1.95. The normalized spacial score (nSPS) is 17.3. The summed E-state index contributed by atoms with van der Waals surface area (Å²) in [6.45, 7) is 4.26. The number of carbonyl (C=O) groups is 1. The number of amides is 1. The monoisotopic (exact) mass is 407 g/mol. The summed E-state index contributed by atoms with van der Waals surface area (Å²) in [5.74, 6) is -0.0368. The average molecular weight is 408 g/mol. The van der Waals surface area contributed by atoms with E-state index < -0.39 is 20.6 Å². The summed E-state index contributed by atoms with van der Waals surface area (Å²) in [5.41, 5.74) is -0.270. The molecule has 0 bridgehead atoms. The van der Waals surface area contributed by atoms with Gasteiger partial charge in [-0.1, -0.05) is 0 Å². The molecule has 0 spiro atoms. The average Bonchev–Trinajstić information content (AvgIpc) is 2.54. The third kappa shape index (κ3) is 5.53. The van der Waals surface area contributed by atoms with E-state index in [9.17, 15) is 23.3 Å². The molecule has 10 nitrogen and oxygen atoms in total. The molecule has 1 unspecified atom stereocenters. The molecule has 4 N–H and O–H groups in total. The summed E-state index contributed by atoms with van der Waals surface area (Å²) in [6.07, 6.45) is 0.179. The highest BCUT2D eigenvalue weighted by molar-refractivity contribution is 7.89. The van der Waals surface area contributed by atoms with Crippen LogP contribution in [-0.2, 0) is 14.8 Å². The highest BCUT2D eigenvalue weighted by Gasteiger charge is 2.23. The molecule has 1 fully saturated rings. The van der Waals surface area contributed by atoms with Crippen LogP contribution < -0.4 is 15.8 Å². The largest absolute Gasteiger partial charge is 0.379 e. The number of nitrogens with zero attached hydrogens (tertiary/aromatic N) is 2. The number of halogens is 1. The number of anilines is 1. The van der Waals surface area contributed by atoms with Crippen molar-refractivity contribution in [3.63, 3.8) is 0 Å². The predicted molar refractivity (Wildman–Crippen MR) is 98.9 cm³/mol. The lowest BCUT2D eigenvalue weighted by molar-refractivity contribution is -0.384. The molecule has 26 heavy (non-hydrogen) atoms. The van der Waals surface area contributed by atoms with E-state index >= 15 is 0 Å². The fraction of sp³-hybridized carbons (Fsp3) is 0.500. The number of hydrogen-bond acceptors (Lipinski definition) is 7. The van der Waals surface area contributed by atoms with Gasteiger partial charge in [-0.25, -0.2) is 13.6 Å². The maximum absolute atomic E-state index is 12.2. The lowest BCUT2D eigenvalue weighted by Gasteiger charge is -2.34. The SMILES string of the molecule is CC1CNCCN1C(=O)CCNc1ccc(S(N)(=O)=O)cc1[N+](=O)[O-].Cl. The van der Waals surface area contributed by atoms with Gasteiger partial charge in [-0.3, -0.25) is 14.9 Å². The third-order valence-electron chi connectivity index (χ3n) is 3.97. The van der Waals surface area contributed by atoms with Crippen LogP contribution in [0.2, 0.25) is 0 Å². The zero-order valence-electron chi connectivity index (χ0n) is 14.2. The predicted octanol–water partition coefficient (Wildman–Crippen LogP) is 0.286. The highest BCUT2D eigenvalue weighted by atomic mass is 35.5. The van der Waals surface area contributed by atoms with Crippen molar-refractivity contribution >= 4 is 39.7 Å². The van der Waals surface area contributed by atoms with Gasteiger partial charge in [0.05, 0.1) is 9.82 Å². The number of carbonyl (C=O) groups excluding carboxylic acids is 1. The number of hydrogen-bond donors (Lipinski definition) is 3. The van der Waals surface area contributed by atoms with Crippen LogP contribution in [0.4, 0.5) is 11.4 Å². The van der Waals surface area contributed by atoms with E-state index in [1.165, 1.54) is 12.1 Å². The summed E-state index contributed by atoms with van der Waals surface area (Å²) in [7, 11) is -4.03. The molecule has 146 valence electrons. The number of benzene rings is 1. The van der Waals surface area contributed by atoms with Gasteiger partial charge in [0.1, 0.15) is 5.69 Å². The second-order valence-electron chi connectivity index (χ2n) is 5.80. The summed E-state index contributed by atoms with van der Waals surface area (Å²) >= 11 is 0. The van der Waals surface area contributed by atoms with Gasteiger partial charge >= 0.3 is 0 Å². The van der Waals surface area contributed by atoms with Crippen LogP contribution in [0.25, 0.3) is 0 Å². The molecule has 0 radical (unpaired) electrons. The van der Waals surface area contributed by atoms with E-state index in [1.807, 2.05) is 6.92 Å². The summed E-state index contributed by atoms with van der Waals surface area (Å²) in [5, 5.41) is 22.1. The molecule has 0 aromatic heterocycles. The van der Waals surface area contributed by atoms with Crippen molar-refractivity contribution in [3.8, 4) is 0 Å². The lowest BCUT2D eigenvalue weighted by Crippen LogP contribution is -2.52. The van der Waals surface area contributed by atoms with Crippen molar-refractivity contribution in [2.75, 3.05) is 31.5 Å². The molecule has 1 amide bonds. The van der Waals surface area contributed by atoms with Crippen molar-refractivity contribution < 1.29 is 18.1 Å². The summed E-state index contributed by atoms with van der Waals surface area (Å²) in [6, 6.07) is 3.46. The molecule has 1 heterocycles. The first-order valence-corrected chi connectivity index (χ1v) is 9.30. The van der Waals surface area contributed by atoms with E-state index in [0.29, 0.717) is 6.54 Å². The van der Waals surface area contributed by atoms with Crippen LogP contribution in [0.3, 0.4) is 0 Å². The Kier molecular flexibility index (Phi) is 7.75. The van der Waals surface area contributed by atoms with Crippen LogP contribution in [0.15, 0.2) is 23.1 Å². The van der Waals surface area contributed by atoms with Gasteiger partial charge in [-0.05, 0) is 19.1 Å². The Morgan fingerprint density at radius 2 is 2.19 bits per heavy atom. The fourth-order valence-corrected chi connectivity index (χ4v) is 3.18. The highest BCUT2D eigenvalue weighted by Crippen LogP contribution is 2.27. The van der Waals surface area contributed by atoms with Crippen LogP contribution in [0, 0.1) is 10.1 Å².